The predicted octanol–water partition coefficient (Wildman–Crippen LogP) is 2.69. The Labute approximate surface area is 148 Å². The van der Waals surface area contributed by atoms with Crippen molar-refractivity contribution in [2.75, 3.05) is 26.3 Å². The van der Waals surface area contributed by atoms with E-state index in [0.29, 0.717) is 32.5 Å². The monoisotopic (exact) mass is 347 g/mol. The number of unbranched alkanes of at least 4 members (excludes halogenated alkanes) is 1. The van der Waals surface area contributed by atoms with Crippen molar-refractivity contribution in [3.05, 3.63) is 47.4 Å². The highest BCUT2D eigenvalue weighted by Gasteiger charge is 2.07. The number of rotatable bonds is 12. The average molecular weight is 347 g/mol. The van der Waals surface area contributed by atoms with Gasteiger partial charge in [-0.3, -0.25) is 4.79 Å². The molecule has 1 aromatic rings. The number of nitriles is 1. The first-order valence-electron chi connectivity index (χ1n) is 8.61. The molecule has 0 aromatic heterocycles. The standard InChI is InChI=1S/C19H26FN3O2/c1-2-3-12-25-13-4-10-23-19(24)17(14-21)15-22-11-9-16-5-7-18(20)8-6-16/h5-8,15,22H,2-4,9-13H2,1H3,(H,23,24)/b17-15-. The first kappa shape index (κ1) is 20.7. The van der Waals surface area contributed by atoms with Crippen LogP contribution in [0.25, 0.3) is 0 Å². The van der Waals surface area contributed by atoms with Crippen LogP contribution >= 0.6 is 0 Å². The van der Waals surface area contributed by atoms with Gasteiger partial charge in [0.05, 0.1) is 0 Å². The molecular formula is C19H26FN3O2. The SMILES string of the molecule is CCCCOCCCNC(=O)/C(C#N)=C\NCCc1ccc(F)cc1. The van der Waals surface area contributed by atoms with Crippen LogP contribution < -0.4 is 10.6 Å². The molecule has 1 aromatic carbocycles. The molecular weight excluding hydrogens is 321 g/mol. The zero-order valence-electron chi connectivity index (χ0n) is 14.7. The molecule has 1 rings (SSSR count). The van der Waals surface area contributed by atoms with Gasteiger partial charge >= 0.3 is 0 Å². The Morgan fingerprint density at radius 2 is 1.96 bits per heavy atom. The highest BCUT2D eigenvalue weighted by atomic mass is 19.1. The van der Waals surface area contributed by atoms with E-state index in [-0.39, 0.29) is 11.4 Å². The molecule has 25 heavy (non-hydrogen) atoms. The number of amides is 1. The van der Waals surface area contributed by atoms with Crippen LogP contribution in [-0.4, -0.2) is 32.2 Å². The summed E-state index contributed by atoms with van der Waals surface area (Å²) in [6.45, 7) is 4.47. The van der Waals surface area contributed by atoms with Crippen molar-refractivity contribution in [2.45, 2.75) is 32.6 Å². The van der Waals surface area contributed by atoms with Gasteiger partial charge in [0.15, 0.2) is 0 Å². The summed E-state index contributed by atoms with van der Waals surface area (Å²) in [5.74, 6) is -0.666. The van der Waals surface area contributed by atoms with Crippen LogP contribution in [0, 0.1) is 17.1 Å². The molecule has 6 heteroatoms. The van der Waals surface area contributed by atoms with E-state index in [1.54, 1.807) is 12.1 Å². The number of benzene rings is 1. The molecule has 0 radical (unpaired) electrons. The third-order valence-electron chi connectivity index (χ3n) is 3.48. The molecule has 0 unspecified atom stereocenters. The van der Waals surface area contributed by atoms with Crippen molar-refractivity contribution >= 4 is 5.91 Å². The molecule has 136 valence electrons. The molecule has 0 fully saturated rings. The van der Waals surface area contributed by atoms with Crippen LogP contribution in [-0.2, 0) is 16.0 Å². The van der Waals surface area contributed by atoms with Gasteiger partial charge in [-0.05, 0) is 37.0 Å². The maximum absolute atomic E-state index is 12.8. The van der Waals surface area contributed by atoms with E-state index in [0.717, 1.165) is 25.0 Å². The van der Waals surface area contributed by atoms with Gasteiger partial charge in [0.2, 0.25) is 0 Å². The van der Waals surface area contributed by atoms with E-state index in [4.69, 9.17) is 10.00 Å². The van der Waals surface area contributed by atoms with Crippen molar-refractivity contribution in [3.63, 3.8) is 0 Å². The zero-order valence-corrected chi connectivity index (χ0v) is 14.7. The molecule has 0 aliphatic carbocycles. The minimum absolute atomic E-state index is 0.0333. The second-order valence-corrected chi connectivity index (χ2v) is 5.58. The van der Waals surface area contributed by atoms with Crippen molar-refractivity contribution in [2.24, 2.45) is 0 Å². The summed E-state index contributed by atoms with van der Waals surface area (Å²) in [6, 6.07) is 8.12. The number of ether oxygens (including phenoxy) is 1. The molecule has 0 atom stereocenters. The molecule has 0 saturated carbocycles. The van der Waals surface area contributed by atoms with Crippen molar-refractivity contribution in [1.29, 1.82) is 5.26 Å². The van der Waals surface area contributed by atoms with Gasteiger partial charge in [-0.2, -0.15) is 5.26 Å². The summed E-state index contributed by atoms with van der Waals surface area (Å²) in [6.07, 6.45) is 4.94. The van der Waals surface area contributed by atoms with Crippen LogP contribution in [0.5, 0.6) is 0 Å². The van der Waals surface area contributed by atoms with Crippen LogP contribution in [0.4, 0.5) is 4.39 Å². The summed E-state index contributed by atoms with van der Waals surface area (Å²) in [4.78, 5) is 11.9. The van der Waals surface area contributed by atoms with Gasteiger partial charge in [0.1, 0.15) is 17.5 Å². The molecule has 0 aliphatic heterocycles. The highest BCUT2D eigenvalue weighted by molar-refractivity contribution is 5.97. The quantitative estimate of drug-likeness (QED) is 0.346. The topological polar surface area (TPSA) is 74.1 Å². The summed E-state index contributed by atoms with van der Waals surface area (Å²) >= 11 is 0. The largest absolute Gasteiger partial charge is 0.389 e. The summed E-state index contributed by atoms with van der Waals surface area (Å²) in [5.41, 5.74) is 1.01. The van der Waals surface area contributed by atoms with E-state index in [1.807, 2.05) is 6.07 Å². The third kappa shape index (κ3) is 9.48. The Bertz CT molecular complexity index is 579. The Kier molecular flexibility index (Phi) is 10.7. The zero-order chi connectivity index (χ0) is 18.3. The Balaban J connectivity index is 2.22. The summed E-state index contributed by atoms with van der Waals surface area (Å²) < 4.78 is 18.2. The van der Waals surface area contributed by atoms with E-state index >= 15 is 0 Å². The van der Waals surface area contributed by atoms with Crippen molar-refractivity contribution < 1.29 is 13.9 Å². The van der Waals surface area contributed by atoms with Crippen LogP contribution in [0.2, 0.25) is 0 Å². The normalized spacial score (nSPS) is 11.0. The second-order valence-electron chi connectivity index (χ2n) is 5.58. The minimum atomic E-state index is -0.398. The van der Waals surface area contributed by atoms with Crippen LogP contribution in [0.1, 0.15) is 31.7 Å². The van der Waals surface area contributed by atoms with E-state index in [2.05, 4.69) is 17.6 Å². The number of hydrogen-bond donors (Lipinski definition) is 2. The molecule has 0 aliphatic rings. The van der Waals surface area contributed by atoms with Gasteiger partial charge in [-0.15, -0.1) is 0 Å². The Hall–Kier alpha value is -2.39. The summed E-state index contributed by atoms with van der Waals surface area (Å²) in [5, 5.41) is 14.7. The van der Waals surface area contributed by atoms with E-state index in [1.165, 1.54) is 18.3 Å². The average Bonchev–Trinajstić information content (AvgIpc) is 2.62. The van der Waals surface area contributed by atoms with Crippen molar-refractivity contribution in [3.8, 4) is 6.07 Å². The van der Waals surface area contributed by atoms with E-state index < -0.39 is 5.91 Å². The van der Waals surface area contributed by atoms with Gasteiger partial charge in [-0.25, -0.2) is 4.39 Å². The van der Waals surface area contributed by atoms with Gasteiger partial charge in [0.25, 0.3) is 5.91 Å². The lowest BCUT2D eigenvalue weighted by molar-refractivity contribution is -0.117. The number of carbonyl (C=O) groups is 1. The third-order valence-corrected chi connectivity index (χ3v) is 3.48. The van der Waals surface area contributed by atoms with Gasteiger partial charge in [0, 0.05) is 32.5 Å². The highest BCUT2D eigenvalue weighted by Crippen LogP contribution is 2.02. The maximum Gasteiger partial charge on any atom is 0.263 e. The lowest BCUT2D eigenvalue weighted by atomic mass is 10.1. The number of carbonyl (C=O) groups excluding carboxylic acids is 1. The second kappa shape index (κ2) is 13.0. The number of nitrogens with zero attached hydrogens (tertiary/aromatic N) is 1. The molecule has 0 saturated heterocycles. The fourth-order valence-corrected chi connectivity index (χ4v) is 2.01. The maximum atomic E-state index is 12.8. The summed E-state index contributed by atoms with van der Waals surface area (Å²) in [7, 11) is 0. The lowest BCUT2D eigenvalue weighted by Gasteiger charge is -2.06. The van der Waals surface area contributed by atoms with Gasteiger partial charge < -0.3 is 15.4 Å². The molecule has 5 nitrogen and oxygen atoms in total. The fourth-order valence-electron chi connectivity index (χ4n) is 2.01. The Morgan fingerprint density at radius 1 is 1.24 bits per heavy atom. The molecule has 1 amide bonds. The smallest absolute Gasteiger partial charge is 0.263 e. The number of nitrogens with one attached hydrogen (secondary N) is 2. The molecule has 0 bridgehead atoms. The molecule has 0 heterocycles. The van der Waals surface area contributed by atoms with Crippen molar-refractivity contribution in [1.82, 2.24) is 10.6 Å². The van der Waals surface area contributed by atoms with Crippen LogP contribution in [0.3, 0.4) is 0 Å². The molecule has 2 N–H and O–H groups in total. The fraction of sp³-hybridized carbons (Fsp3) is 0.474. The van der Waals surface area contributed by atoms with Crippen LogP contribution in [0.15, 0.2) is 36.0 Å². The van der Waals surface area contributed by atoms with Gasteiger partial charge in [-0.1, -0.05) is 25.5 Å². The lowest BCUT2D eigenvalue weighted by Crippen LogP contribution is -2.27. The number of halogens is 1. The first-order chi connectivity index (χ1) is 12.2. The first-order valence-corrected chi connectivity index (χ1v) is 8.61. The molecule has 0 spiro atoms. The predicted molar refractivity (Wildman–Crippen MR) is 95.2 cm³/mol. The van der Waals surface area contributed by atoms with E-state index in [9.17, 15) is 9.18 Å². The minimum Gasteiger partial charge on any atom is -0.389 e. The Morgan fingerprint density at radius 3 is 2.64 bits per heavy atom. The number of hydrogen-bond acceptors (Lipinski definition) is 4.